The van der Waals surface area contributed by atoms with Crippen LogP contribution in [-0.2, 0) is 0 Å². The third-order valence-corrected chi connectivity index (χ3v) is 5.06. The SMILES string of the molecule is C=Cc1csc(Sc2cc(C=C)cs2)c1. The summed E-state index contributed by atoms with van der Waals surface area (Å²) in [5.74, 6) is 0. The van der Waals surface area contributed by atoms with E-state index in [1.165, 1.54) is 19.5 Å². The summed E-state index contributed by atoms with van der Waals surface area (Å²) in [4.78, 5) is 0. The van der Waals surface area contributed by atoms with Gasteiger partial charge in [0, 0.05) is 0 Å². The maximum atomic E-state index is 3.76. The standard InChI is InChI=1S/C12H10S3/c1-3-9-5-11(13-7-9)15-12-6-10(4-2)8-14-12/h3-8H,1-2H2. The smallest absolute Gasteiger partial charge is 0.0660 e. The molecule has 0 aliphatic carbocycles. The van der Waals surface area contributed by atoms with Crippen LogP contribution in [0, 0.1) is 0 Å². The van der Waals surface area contributed by atoms with Crippen molar-refractivity contribution in [1.29, 1.82) is 0 Å². The molecule has 0 aromatic carbocycles. The largest absolute Gasteiger partial charge is 0.136 e. The van der Waals surface area contributed by atoms with E-state index >= 15 is 0 Å². The fourth-order valence-electron chi connectivity index (χ4n) is 1.08. The highest BCUT2D eigenvalue weighted by molar-refractivity contribution is 8.02. The van der Waals surface area contributed by atoms with E-state index in [1.807, 2.05) is 12.2 Å². The fraction of sp³-hybridized carbons (Fsp3) is 0. The molecule has 0 fully saturated rings. The van der Waals surface area contributed by atoms with Gasteiger partial charge in [0.1, 0.15) is 0 Å². The zero-order valence-corrected chi connectivity index (χ0v) is 10.6. The molecule has 0 saturated carbocycles. The predicted molar refractivity (Wildman–Crippen MR) is 72.9 cm³/mol. The highest BCUT2D eigenvalue weighted by atomic mass is 32.2. The number of hydrogen-bond acceptors (Lipinski definition) is 3. The Kier molecular flexibility index (Phi) is 3.46. The summed E-state index contributed by atoms with van der Waals surface area (Å²) in [7, 11) is 0. The summed E-state index contributed by atoms with van der Waals surface area (Å²) in [5, 5.41) is 4.24. The van der Waals surface area contributed by atoms with Crippen molar-refractivity contribution in [3.63, 3.8) is 0 Å². The first-order valence-corrected chi connectivity index (χ1v) is 6.99. The molecule has 76 valence electrons. The molecule has 2 rings (SSSR count). The molecule has 2 aromatic rings. The Balaban J connectivity index is 2.13. The Hall–Kier alpha value is -0.770. The van der Waals surface area contributed by atoms with E-state index in [9.17, 15) is 0 Å². The van der Waals surface area contributed by atoms with Gasteiger partial charge in [0.25, 0.3) is 0 Å². The van der Waals surface area contributed by atoms with Crippen LogP contribution in [0.25, 0.3) is 12.2 Å². The van der Waals surface area contributed by atoms with Gasteiger partial charge < -0.3 is 0 Å². The van der Waals surface area contributed by atoms with E-state index < -0.39 is 0 Å². The third kappa shape index (κ3) is 2.62. The monoisotopic (exact) mass is 250 g/mol. The third-order valence-electron chi connectivity index (χ3n) is 1.86. The molecule has 0 spiro atoms. The summed E-state index contributed by atoms with van der Waals surface area (Å²) in [6.07, 6.45) is 3.76. The lowest BCUT2D eigenvalue weighted by molar-refractivity contribution is 1.64. The summed E-state index contributed by atoms with van der Waals surface area (Å²) < 4.78 is 2.62. The van der Waals surface area contributed by atoms with Crippen LogP contribution in [0.1, 0.15) is 11.1 Å². The molecule has 0 amide bonds. The van der Waals surface area contributed by atoms with E-state index in [-0.39, 0.29) is 0 Å². The fourth-order valence-corrected chi connectivity index (χ4v) is 4.28. The Morgan fingerprint density at radius 2 is 1.40 bits per heavy atom. The van der Waals surface area contributed by atoms with Crippen LogP contribution in [0.2, 0.25) is 0 Å². The number of thiophene rings is 2. The molecule has 0 unspecified atom stereocenters. The van der Waals surface area contributed by atoms with Gasteiger partial charge in [-0.1, -0.05) is 37.1 Å². The Bertz CT molecular complexity index is 432. The van der Waals surface area contributed by atoms with Crippen molar-refractivity contribution in [1.82, 2.24) is 0 Å². The summed E-state index contributed by atoms with van der Waals surface area (Å²) in [5.41, 5.74) is 2.39. The van der Waals surface area contributed by atoms with Crippen molar-refractivity contribution in [3.05, 3.63) is 47.2 Å². The van der Waals surface area contributed by atoms with Crippen molar-refractivity contribution in [2.75, 3.05) is 0 Å². The van der Waals surface area contributed by atoms with Crippen molar-refractivity contribution in [3.8, 4) is 0 Å². The summed E-state index contributed by atoms with van der Waals surface area (Å²) in [6, 6.07) is 4.32. The van der Waals surface area contributed by atoms with Crippen LogP contribution in [0.15, 0.2) is 44.5 Å². The van der Waals surface area contributed by atoms with Crippen molar-refractivity contribution < 1.29 is 0 Å². The Morgan fingerprint density at radius 3 is 1.73 bits per heavy atom. The Morgan fingerprint density at radius 1 is 0.933 bits per heavy atom. The highest BCUT2D eigenvalue weighted by Crippen LogP contribution is 2.36. The molecule has 15 heavy (non-hydrogen) atoms. The molecular weight excluding hydrogens is 240 g/mol. The molecule has 0 nitrogen and oxygen atoms in total. The average molecular weight is 250 g/mol. The lowest BCUT2D eigenvalue weighted by atomic mass is 10.3. The van der Waals surface area contributed by atoms with Crippen molar-refractivity contribution in [2.24, 2.45) is 0 Å². The first-order chi connectivity index (χ1) is 7.31. The van der Waals surface area contributed by atoms with Crippen LogP contribution in [-0.4, -0.2) is 0 Å². The van der Waals surface area contributed by atoms with E-state index in [4.69, 9.17) is 0 Å². The van der Waals surface area contributed by atoms with Gasteiger partial charge in [-0.05, 0) is 34.0 Å². The van der Waals surface area contributed by atoms with Gasteiger partial charge in [-0.3, -0.25) is 0 Å². The first-order valence-electron chi connectivity index (χ1n) is 4.41. The van der Waals surface area contributed by atoms with Gasteiger partial charge in [0.05, 0.1) is 8.42 Å². The zero-order chi connectivity index (χ0) is 10.7. The van der Waals surface area contributed by atoms with Crippen molar-refractivity contribution >= 4 is 46.6 Å². The van der Waals surface area contributed by atoms with E-state index in [0.717, 1.165) is 0 Å². The van der Waals surface area contributed by atoms with Crippen LogP contribution in [0.5, 0.6) is 0 Å². The van der Waals surface area contributed by atoms with E-state index in [2.05, 4.69) is 36.1 Å². The quantitative estimate of drug-likeness (QED) is 0.714. The van der Waals surface area contributed by atoms with Gasteiger partial charge in [0.2, 0.25) is 0 Å². The van der Waals surface area contributed by atoms with E-state index in [1.54, 1.807) is 34.4 Å². The minimum atomic E-state index is 1.20. The molecule has 0 aliphatic rings. The molecule has 0 atom stereocenters. The molecule has 3 heteroatoms. The van der Waals surface area contributed by atoms with E-state index in [0.29, 0.717) is 0 Å². The first kappa shape index (κ1) is 10.7. The van der Waals surface area contributed by atoms with Gasteiger partial charge >= 0.3 is 0 Å². The lowest BCUT2D eigenvalue weighted by Crippen LogP contribution is -1.60. The molecule has 0 saturated heterocycles. The molecule has 0 aliphatic heterocycles. The molecular formula is C12H10S3. The topological polar surface area (TPSA) is 0 Å². The van der Waals surface area contributed by atoms with Crippen LogP contribution < -0.4 is 0 Å². The number of hydrogen-bond donors (Lipinski definition) is 0. The molecule has 0 N–H and O–H groups in total. The number of rotatable bonds is 4. The van der Waals surface area contributed by atoms with Crippen LogP contribution >= 0.6 is 34.4 Å². The lowest BCUT2D eigenvalue weighted by Gasteiger charge is -1.90. The maximum Gasteiger partial charge on any atom is 0.0660 e. The minimum absolute atomic E-state index is 1.20. The zero-order valence-electron chi connectivity index (χ0n) is 8.10. The van der Waals surface area contributed by atoms with Gasteiger partial charge in [-0.2, -0.15) is 0 Å². The molecule has 2 heterocycles. The molecule has 0 bridgehead atoms. The van der Waals surface area contributed by atoms with Gasteiger partial charge in [0.15, 0.2) is 0 Å². The minimum Gasteiger partial charge on any atom is -0.136 e. The average Bonchev–Trinajstić information content (AvgIpc) is 2.87. The second-order valence-electron chi connectivity index (χ2n) is 2.91. The predicted octanol–water partition coefficient (Wildman–Crippen LogP) is 5.25. The van der Waals surface area contributed by atoms with Gasteiger partial charge in [-0.15, -0.1) is 22.7 Å². The molecule has 2 aromatic heterocycles. The molecule has 0 radical (unpaired) electrons. The second-order valence-corrected chi connectivity index (χ2v) is 6.33. The maximum absolute atomic E-state index is 3.76. The highest BCUT2D eigenvalue weighted by Gasteiger charge is 2.02. The van der Waals surface area contributed by atoms with Crippen LogP contribution in [0.4, 0.5) is 0 Å². The second kappa shape index (κ2) is 4.84. The summed E-state index contributed by atoms with van der Waals surface area (Å²) in [6.45, 7) is 7.51. The van der Waals surface area contributed by atoms with Crippen LogP contribution in [0.3, 0.4) is 0 Å². The summed E-state index contributed by atoms with van der Waals surface area (Å²) >= 11 is 5.32. The van der Waals surface area contributed by atoms with Gasteiger partial charge in [-0.25, -0.2) is 0 Å². The normalized spacial score (nSPS) is 10.1. The van der Waals surface area contributed by atoms with Crippen molar-refractivity contribution in [2.45, 2.75) is 8.42 Å². The Labute approximate surface area is 102 Å².